The lowest BCUT2D eigenvalue weighted by Gasteiger charge is -2.43. The zero-order chi connectivity index (χ0) is 24.0. The smallest absolute Gasteiger partial charge is 0.249 e. The van der Waals surface area contributed by atoms with E-state index in [9.17, 15) is 14.4 Å². The highest BCUT2D eigenvalue weighted by Crippen LogP contribution is 2.42. The second kappa shape index (κ2) is 11.2. The Morgan fingerprint density at radius 3 is 2.42 bits per heavy atom. The number of rotatable bonds is 9. The number of hydrogen-bond donors (Lipinski definition) is 1. The second-order valence-corrected chi connectivity index (χ2v) is 10.0. The van der Waals surface area contributed by atoms with Crippen LogP contribution in [0.5, 0.6) is 0 Å². The summed E-state index contributed by atoms with van der Waals surface area (Å²) in [4.78, 5) is 40.5. The van der Waals surface area contributed by atoms with E-state index < -0.39 is 11.9 Å². The standard InChI is InChI=1S/C27H41N3O3/c1-5-7-8-14-27(13-6-2)15-17-29(18-16-27)22-9-10-23(20(3)19-22)30(21(4)31)24-11-12-25(32)28-26(24)33/h9-10,19,24H,5-8,11-18H2,1-4H3,(H,28,32,33). The average Bonchev–Trinajstić information content (AvgIpc) is 2.77. The zero-order valence-electron chi connectivity index (χ0n) is 20.9. The Bertz CT molecular complexity index is 858. The Kier molecular flexibility index (Phi) is 8.55. The van der Waals surface area contributed by atoms with Crippen molar-refractivity contribution in [3.05, 3.63) is 23.8 Å². The van der Waals surface area contributed by atoms with Gasteiger partial charge in [0, 0.05) is 37.8 Å². The number of unbranched alkanes of at least 4 members (excludes halogenated alkanes) is 2. The Morgan fingerprint density at radius 1 is 1.12 bits per heavy atom. The second-order valence-electron chi connectivity index (χ2n) is 10.0. The summed E-state index contributed by atoms with van der Waals surface area (Å²) in [7, 11) is 0. The van der Waals surface area contributed by atoms with E-state index in [4.69, 9.17) is 0 Å². The molecule has 33 heavy (non-hydrogen) atoms. The largest absolute Gasteiger partial charge is 0.371 e. The number of hydrogen-bond acceptors (Lipinski definition) is 4. The molecule has 0 radical (unpaired) electrons. The molecule has 2 aliphatic heterocycles. The van der Waals surface area contributed by atoms with E-state index in [0.29, 0.717) is 11.8 Å². The number of carbonyl (C=O) groups is 3. The molecule has 3 amide bonds. The highest BCUT2D eigenvalue weighted by molar-refractivity contribution is 6.06. The molecule has 0 aliphatic carbocycles. The molecule has 1 aromatic carbocycles. The summed E-state index contributed by atoms with van der Waals surface area (Å²) < 4.78 is 0. The van der Waals surface area contributed by atoms with Crippen molar-refractivity contribution in [3.8, 4) is 0 Å². The van der Waals surface area contributed by atoms with Crippen molar-refractivity contribution < 1.29 is 14.4 Å². The van der Waals surface area contributed by atoms with Crippen LogP contribution in [-0.4, -0.2) is 36.9 Å². The number of carbonyl (C=O) groups excluding carboxylic acids is 3. The normalized spacial score (nSPS) is 20.5. The first-order chi connectivity index (χ1) is 15.8. The number of nitrogens with zero attached hydrogens (tertiary/aromatic N) is 2. The third kappa shape index (κ3) is 5.96. The van der Waals surface area contributed by atoms with E-state index >= 15 is 0 Å². The fourth-order valence-corrected chi connectivity index (χ4v) is 5.74. The monoisotopic (exact) mass is 455 g/mol. The Balaban J connectivity index is 1.73. The van der Waals surface area contributed by atoms with Crippen molar-refractivity contribution in [1.29, 1.82) is 0 Å². The SMILES string of the molecule is CCCCCC1(CCC)CCN(c2ccc(N(C(C)=O)C3CCC(=O)NC3=O)c(C)c2)CC1. The molecular weight excluding hydrogens is 414 g/mol. The molecule has 0 aromatic heterocycles. The molecule has 6 heteroatoms. The third-order valence-corrected chi connectivity index (χ3v) is 7.58. The highest BCUT2D eigenvalue weighted by atomic mass is 16.2. The molecule has 2 heterocycles. The minimum Gasteiger partial charge on any atom is -0.371 e. The number of anilines is 2. The van der Waals surface area contributed by atoms with Gasteiger partial charge in [0.15, 0.2) is 0 Å². The van der Waals surface area contributed by atoms with Gasteiger partial charge in [0.05, 0.1) is 0 Å². The lowest BCUT2D eigenvalue weighted by atomic mass is 9.71. The van der Waals surface area contributed by atoms with Gasteiger partial charge in [0.1, 0.15) is 6.04 Å². The van der Waals surface area contributed by atoms with Crippen molar-refractivity contribution >= 4 is 29.1 Å². The Morgan fingerprint density at radius 2 is 1.85 bits per heavy atom. The maximum Gasteiger partial charge on any atom is 0.249 e. The molecule has 3 rings (SSSR count). The van der Waals surface area contributed by atoms with E-state index in [2.05, 4.69) is 36.2 Å². The molecule has 0 saturated carbocycles. The van der Waals surface area contributed by atoms with Crippen LogP contribution in [0.4, 0.5) is 11.4 Å². The van der Waals surface area contributed by atoms with Crippen LogP contribution >= 0.6 is 0 Å². The van der Waals surface area contributed by atoms with Crippen molar-refractivity contribution in [1.82, 2.24) is 5.32 Å². The fourth-order valence-electron chi connectivity index (χ4n) is 5.74. The molecular formula is C27H41N3O3. The molecule has 1 N–H and O–H groups in total. The summed E-state index contributed by atoms with van der Waals surface area (Å²) >= 11 is 0. The maximum absolute atomic E-state index is 12.5. The summed E-state index contributed by atoms with van der Waals surface area (Å²) in [6.45, 7) is 10.2. The van der Waals surface area contributed by atoms with Gasteiger partial charge in [-0.15, -0.1) is 0 Å². The predicted octanol–water partition coefficient (Wildman–Crippen LogP) is 5.12. The van der Waals surface area contributed by atoms with Gasteiger partial charge in [0.2, 0.25) is 17.7 Å². The van der Waals surface area contributed by atoms with Gasteiger partial charge in [-0.1, -0.05) is 39.5 Å². The quantitative estimate of drug-likeness (QED) is 0.414. The lowest BCUT2D eigenvalue weighted by Crippen LogP contribution is -2.54. The van der Waals surface area contributed by atoms with Crippen LogP contribution in [-0.2, 0) is 14.4 Å². The molecule has 6 nitrogen and oxygen atoms in total. The van der Waals surface area contributed by atoms with Crippen molar-refractivity contribution in [2.75, 3.05) is 22.9 Å². The molecule has 2 saturated heterocycles. The molecule has 2 fully saturated rings. The lowest BCUT2D eigenvalue weighted by molar-refractivity contribution is -0.135. The van der Waals surface area contributed by atoms with E-state index in [1.807, 2.05) is 13.0 Å². The van der Waals surface area contributed by atoms with E-state index in [-0.39, 0.29) is 18.2 Å². The summed E-state index contributed by atoms with van der Waals surface area (Å²) in [5, 5.41) is 2.37. The van der Waals surface area contributed by atoms with Crippen molar-refractivity contribution in [2.45, 2.75) is 97.9 Å². The topological polar surface area (TPSA) is 69.7 Å². The summed E-state index contributed by atoms with van der Waals surface area (Å²) in [5.41, 5.74) is 3.40. The first kappa shape index (κ1) is 25.3. The summed E-state index contributed by atoms with van der Waals surface area (Å²) in [6.07, 6.45) is 10.9. The van der Waals surface area contributed by atoms with Crippen LogP contribution in [0.1, 0.15) is 90.5 Å². The van der Waals surface area contributed by atoms with Gasteiger partial charge < -0.3 is 4.90 Å². The minimum absolute atomic E-state index is 0.185. The number of imide groups is 1. The van der Waals surface area contributed by atoms with Crippen LogP contribution in [0.15, 0.2) is 18.2 Å². The molecule has 0 bridgehead atoms. The number of aryl methyl sites for hydroxylation is 1. The molecule has 182 valence electrons. The van der Waals surface area contributed by atoms with Crippen LogP contribution in [0, 0.1) is 12.3 Å². The molecule has 2 aliphatic rings. The van der Waals surface area contributed by atoms with Gasteiger partial charge in [0.25, 0.3) is 0 Å². The first-order valence-electron chi connectivity index (χ1n) is 12.8. The summed E-state index contributed by atoms with van der Waals surface area (Å²) in [6, 6.07) is 5.54. The Labute approximate surface area is 199 Å². The van der Waals surface area contributed by atoms with E-state index in [1.54, 1.807) is 4.90 Å². The van der Waals surface area contributed by atoms with Crippen LogP contribution in [0.25, 0.3) is 0 Å². The highest BCUT2D eigenvalue weighted by Gasteiger charge is 2.36. The van der Waals surface area contributed by atoms with Crippen molar-refractivity contribution in [3.63, 3.8) is 0 Å². The average molecular weight is 456 g/mol. The third-order valence-electron chi connectivity index (χ3n) is 7.58. The maximum atomic E-state index is 12.5. The molecule has 1 atom stereocenters. The number of amides is 3. The van der Waals surface area contributed by atoms with Gasteiger partial charge in [-0.2, -0.15) is 0 Å². The van der Waals surface area contributed by atoms with Gasteiger partial charge in [-0.25, -0.2) is 0 Å². The van der Waals surface area contributed by atoms with Crippen LogP contribution in [0.3, 0.4) is 0 Å². The Hall–Kier alpha value is -2.37. The van der Waals surface area contributed by atoms with Crippen molar-refractivity contribution in [2.24, 2.45) is 5.41 Å². The van der Waals surface area contributed by atoms with E-state index in [0.717, 1.165) is 24.3 Å². The molecule has 1 aromatic rings. The number of piperidine rings is 2. The fraction of sp³-hybridized carbons (Fsp3) is 0.667. The first-order valence-corrected chi connectivity index (χ1v) is 12.8. The summed E-state index contributed by atoms with van der Waals surface area (Å²) in [5.74, 6) is -0.850. The zero-order valence-corrected chi connectivity index (χ0v) is 20.9. The van der Waals surface area contributed by atoms with Gasteiger partial charge >= 0.3 is 0 Å². The van der Waals surface area contributed by atoms with Crippen LogP contribution < -0.4 is 15.1 Å². The van der Waals surface area contributed by atoms with E-state index in [1.165, 1.54) is 64.0 Å². The van der Waals surface area contributed by atoms with Gasteiger partial charge in [-0.05, 0) is 68.2 Å². The molecule has 0 spiro atoms. The van der Waals surface area contributed by atoms with Crippen LogP contribution in [0.2, 0.25) is 0 Å². The minimum atomic E-state index is -0.641. The molecule has 1 unspecified atom stereocenters. The number of benzene rings is 1. The number of nitrogens with one attached hydrogen (secondary N) is 1. The van der Waals surface area contributed by atoms with Gasteiger partial charge in [-0.3, -0.25) is 24.6 Å². The predicted molar refractivity (Wildman–Crippen MR) is 133 cm³/mol.